The van der Waals surface area contributed by atoms with Crippen molar-refractivity contribution in [2.24, 2.45) is 22.2 Å². The quantitative estimate of drug-likeness (QED) is 0.336. The lowest BCUT2D eigenvalue weighted by Gasteiger charge is -2.39. The number of nitrogens with zero attached hydrogens (tertiary/aromatic N) is 2. The molecule has 0 amide bonds. The number of piperidine rings is 1. The molecule has 1 fully saturated rings. The summed E-state index contributed by atoms with van der Waals surface area (Å²) < 4.78 is 0. The fourth-order valence-electron chi connectivity index (χ4n) is 2.52. The maximum atomic E-state index is 8.79. The van der Waals surface area contributed by atoms with Crippen molar-refractivity contribution in [1.29, 1.82) is 0 Å². The Balaban J connectivity index is 2.45. The van der Waals surface area contributed by atoms with Crippen LogP contribution in [0.4, 0.5) is 0 Å². The topological polar surface area (TPSA) is 61.8 Å². The van der Waals surface area contributed by atoms with E-state index in [1.807, 2.05) is 0 Å². The van der Waals surface area contributed by atoms with Crippen LogP contribution in [-0.2, 0) is 0 Å². The van der Waals surface area contributed by atoms with E-state index >= 15 is 0 Å². The first-order chi connectivity index (χ1) is 8.05. The molecule has 100 valence electrons. The van der Waals surface area contributed by atoms with Gasteiger partial charge in [0, 0.05) is 12.0 Å². The van der Waals surface area contributed by atoms with Crippen LogP contribution in [0.1, 0.15) is 46.5 Å². The molecular weight excluding hydrogens is 214 g/mol. The van der Waals surface area contributed by atoms with Crippen LogP contribution in [0.25, 0.3) is 0 Å². The van der Waals surface area contributed by atoms with Crippen LogP contribution in [0.3, 0.4) is 0 Å². The largest absolute Gasteiger partial charge is 0.409 e. The second kappa shape index (κ2) is 6.24. The van der Waals surface area contributed by atoms with Gasteiger partial charge in [0.15, 0.2) is 0 Å². The minimum Gasteiger partial charge on any atom is -0.409 e. The van der Waals surface area contributed by atoms with Gasteiger partial charge in [-0.1, -0.05) is 38.8 Å². The van der Waals surface area contributed by atoms with Gasteiger partial charge in [-0.15, -0.1) is 0 Å². The van der Waals surface area contributed by atoms with Crippen LogP contribution in [0, 0.1) is 11.3 Å². The van der Waals surface area contributed by atoms with Crippen LogP contribution in [-0.4, -0.2) is 35.6 Å². The highest BCUT2D eigenvalue weighted by Crippen LogP contribution is 2.31. The van der Waals surface area contributed by atoms with Gasteiger partial charge in [-0.25, -0.2) is 0 Å². The summed E-state index contributed by atoms with van der Waals surface area (Å²) >= 11 is 0. The third kappa shape index (κ3) is 3.60. The average Bonchev–Trinajstić information content (AvgIpc) is 2.37. The molecule has 17 heavy (non-hydrogen) atoms. The number of hydrogen-bond acceptors (Lipinski definition) is 3. The van der Waals surface area contributed by atoms with E-state index in [0.29, 0.717) is 5.84 Å². The summed E-state index contributed by atoms with van der Waals surface area (Å²) in [5, 5.41) is 12.0. The lowest BCUT2D eigenvalue weighted by atomic mass is 9.79. The first-order valence-electron chi connectivity index (χ1n) is 6.76. The molecule has 0 aliphatic carbocycles. The van der Waals surface area contributed by atoms with E-state index in [9.17, 15) is 0 Å². The maximum Gasteiger partial charge on any atom is 0.145 e. The molecule has 0 aromatic carbocycles. The number of amidine groups is 1. The summed E-state index contributed by atoms with van der Waals surface area (Å²) in [5.41, 5.74) is 5.65. The molecule has 1 heterocycles. The first kappa shape index (κ1) is 14.3. The molecule has 3 N–H and O–H groups in total. The number of nitrogens with two attached hydrogens (primary N) is 1. The van der Waals surface area contributed by atoms with Gasteiger partial charge in [0.1, 0.15) is 5.84 Å². The van der Waals surface area contributed by atoms with Crippen LogP contribution in [0.5, 0.6) is 0 Å². The minimum absolute atomic E-state index is 0.112. The van der Waals surface area contributed by atoms with Crippen LogP contribution in [0.2, 0.25) is 0 Å². The lowest BCUT2D eigenvalue weighted by Crippen LogP contribution is -2.46. The van der Waals surface area contributed by atoms with E-state index in [0.717, 1.165) is 31.8 Å². The molecule has 0 saturated carbocycles. The molecule has 4 heteroatoms. The molecule has 1 aliphatic heterocycles. The predicted molar refractivity (Wildman–Crippen MR) is 71.3 cm³/mol. The van der Waals surface area contributed by atoms with Crippen molar-refractivity contribution in [2.45, 2.75) is 46.5 Å². The highest BCUT2D eigenvalue weighted by molar-refractivity contribution is 5.85. The summed E-state index contributed by atoms with van der Waals surface area (Å²) in [6.07, 6.45) is 4.49. The van der Waals surface area contributed by atoms with Gasteiger partial charge in [-0.2, -0.15) is 0 Å². The zero-order valence-corrected chi connectivity index (χ0v) is 11.4. The van der Waals surface area contributed by atoms with E-state index in [1.165, 1.54) is 19.4 Å². The Kier molecular flexibility index (Phi) is 5.25. The zero-order chi connectivity index (χ0) is 12.9. The molecule has 0 bridgehead atoms. The van der Waals surface area contributed by atoms with E-state index in [-0.39, 0.29) is 5.41 Å². The van der Waals surface area contributed by atoms with Gasteiger partial charge in [-0.3, -0.25) is 0 Å². The van der Waals surface area contributed by atoms with Crippen molar-refractivity contribution in [2.75, 3.05) is 19.6 Å². The Labute approximate surface area is 105 Å². The highest BCUT2D eigenvalue weighted by atomic mass is 16.4. The van der Waals surface area contributed by atoms with Crippen LogP contribution < -0.4 is 5.73 Å². The molecule has 0 radical (unpaired) electrons. The summed E-state index contributed by atoms with van der Waals surface area (Å²) in [7, 11) is 0. The highest BCUT2D eigenvalue weighted by Gasteiger charge is 2.34. The molecule has 1 aliphatic rings. The second-order valence-corrected chi connectivity index (χ2v) is 5.53. The normalized spacial score (nSPS) is 22.0. The number of likely N-dealkylation sites (tertiary alicyclic amines) is 1. The van der Waals surface area contributed by atoms with Crippen molar-refractivity contribution in [3.8, 4) is 0 Å². The van der Waals surface area contributed by atoms with Crippen molar-refractivity contribution >= 4 is 5.84 Å². The van der Waals surface area contributed by atoms with Gasteiger partial charge in [-0.05, 0) is 31.8 Å². The molecule has 1 saturated heterocycles. The summed E-state index contributed by atoms with van der Waals surface area (Å²) in [6, 6.07) is 0. The zero-order valence-electron chi connectivity index (χ0n) is 11.4. The standard InChI is InChI=1S/C13H27N3O/c1-4-11(5-2)10-16-8-6-13(3,7-9-16)12(14)15-17/h11,17H,4-10H2,1-3H3,(H2,14,15). The number of hydrogen-bond donors (Lipinski definition) is 2. The van der Waals surface area contributed by atoms with Crippen molar-refractivity contribution in [3.63, 3.8) is 0 Å². The Morgan fingerprint density at radius 3 is 2.29 bits per heavy atom. The molecule has 0 aromatic rings. The van der Waals surface area contributed by atoms with E-state index in [4.69, 9.17) is 10.9 Å². The molecule has 0 unspecified atom stereocenters. The van der Waals surface area contributed by atoms with E-state index in [2.05, 4.69) is 30.8 Å². The van der Waals surface area contributed by atoms with Crippen molar-refractivity contribution in [3.05, 3.63) is 0 Å². The third-order valence-electron chi connectivity index (χ3n) is 4.36. The molecule has 0 aromatic heterocycles. The fourth-order valence-corrected chi connectivity index (χ4v) is 2.52. The monoisotopic (exact) mass is 241 g/mol. The van der Waals surface area contributed by atoms with Gasteiger partial charge in [0.25, 0.3) is 0 Å². The Morgan fingerprint density at radius 1 is 1.35 bits per heavy atom. The SMILES string of the molecule is CCC(CC)CN1CCC(C)(C(N)=NO)CC1. The Bertz CT molecular complexity index is 253. The number of oxime groups is 1. The van der Waals surface area contributed by atoms with E-state index in [1.54, 1.807) is 0 Å². The maximum absolute atomic E-state index is 8.79. The first-order valence-corrected chi connectivity index (χ1v) is 6.76. The van der Waals surface area contributed by atoms with Crippen LogP contribution in [0.15, 0.2) is 5.16 Å². The predicted octanol–water partition coefficient (Wildman–Crippen LogP) is 2.27. The van der Waals surface area contributed by atoms with Gasteiger partial charge in [0.2, 0.25) is 0 Å². The number of rotatable bonds is 5. The fraction of sp³-hybridized carbons (Fsp3) is 0.923. The molecule has 1 rings (SSSR count). The van der Waals surface area contributed by atoms with Crippen molar-refractivity contribution < 1.29 is 5.21 Å². The average molecular weight is 241 g/mol. The van der Waals surface area contributed by atoms with Gasteiger partial charge >= 0.3 is 0 Å². The molecular formula is C13H27N3O. The lowest BCUT2D eigenvalue weighted by molar-refractivity contribution is 0.137. The minimum atomic E-state index is -0.112. The van der Waals surface area contributed by atoms with E-state index < -0.39 is 0 Å². The van der Waals surface area contributed by atoms with Gasteiger partial charge < -0.3 is 15.8 Å². The van der Waals surface area contributed by atoms with Gasteiger partial charge in [0.05, 0.1) is 0 Å². The molecule has 0 spiro atoms. The second-order valence-electron chi connectivity index (χ2n) is 5.53. The molecule has 0 atom stereocenters. The van der Waals surface area contributed by atoms with Crippen molar-refractivity contribution in [1.82, 2.24) is 4.90 Å². The third-order valence-corrected chi connectivity index (χ3v) is 4.36. The summed E-state index contributed by atoms with van der Waals surface area (Å²) in [6.45, 7) is 9.93. The molecule has 4 nitrogen and oxygen atoms in total. The Hall–Kier alpha value is -0.770. The smallest absolute Gasteiger partial charge is 0.145 e. The summed E-state index contributed by atoms with van der Waals surface area (Å²) in [4.78, 5) is 2.52. The Morgan fingerprint density at radius 2 is 1.88 bits per heavy atom. The van der Waals surface area contributed by atoms with Crippen LogP contribution >= 0.6 is 0 Å². The summed E-state index contributed by atoms with van der Waals surface area (Å²) in [5.74, 6) is 1.20.